The van der Waals surface area contributed by atoms with Crippen molar-refractivity contribution < 1.29 is 4.79 Å². The van der Waals surface area contributed by atoms with Gasteiger partial charge in [-0.05, 0) is 30.5 Å². The maximum absolute atomic E-state index is 13.3. The predicted molar refractivity (Wildman–Crippen MR) is 114 cm³/mol. The third-order valence-corrected chi connectivity index (χ3v) is 5.73. The molecule has 5 nitrogen and oxygen atoms in total. The molecule has 0 aliphatic carbocycles. The summed E-state index contributed by atoms with van der Waals surface area (Å²) in [6.07, 6.45) is 5.65. The van der Waals surface area contributed by atoms with E-state index in [1.165, 1.54) is 0 Å². The second kappa shape index (κ2) is 7.51. The number of benzene rings is 2. The normalized spacial score (nSPS) is 16.8. The Balaban J connectivity index is 1.43. The number of hydrogen-bond donors (Lipinski definition) is 1. The smallest absolute Gasteiger partial charge is 0.256 e. The van der Waals surface area contributed by atoms with E-state index in [2.05, 4.69) is 27.3 Å². The molecule has 0 bridgehead atoms. The molecule has 5 rings (SSSR count). The number of piperidine rings is 1. The van der Waals surface area contributed by atoms with Gasteiger partial charge in [-0.15, -0.1) is 0 Å². The summed E-state index contributed by atoms with van der Waals surface area (Å²) in [4.78, 5) is 19.8. The zero-order chi connectivity index (χ0) is 19.6. The van der Waals surface area contributed by atoms with Crippen LogP contribution in [0.5, 0.6) is 0 Å². The van der Waals surface area contributed by atoms with Gasteiger partial charge in [-0.2, -0.15) is 5.10 Å². The summed E-state index contributed by atoms with van der Waals surface area (Å²) in [7, 11) is 0. The number of nitrogens with one attached hydrogen (secondary N) is 1. The Labute approximate surface area is 169 Å². The molecule has 1 N–H and O–H groups in total. The van der Waals surface area contributed by atoms with Crippen LogP contribution in [0.4, 0.5) is 0 Å². The number of carbonyl (C=O) groups is 1. The molecule has 1 atom stereocenters. The first-order valence-electron chi connectivity index (χ1n) is 10.0. The topological polar surface area (TPSA) is 61.9 Å². The van der Waals surface area contributed by atoms with E-state index in [1.807, 2.05) is 59.6 Å². The fourth-order valence-corrected chi connectivity index (χ4v) is 4.30. The average Bonchev–Trinajstić information content (AvgIpc) is 3.29. The number of fused-ring (bicyclic) bond motifs is 1. The number of aromatic amines is 1. The van der Waals surface area contributed by atoms with Crippen molar-refractivity contribution in [3.8, 4) is 11.1 Å². The summed E-state index contributed by atoms with van der Waals surface area (Å²) >= 11 is 0. The molecule has 3 heterocycles. The van der Waals surface area contributed by atoms with E-state index >= 15 is 0 Å². The number of carbonyl (C=O) groups excluding carboxylic acids is 1. The molecular weight excluding hydrogens is 360 g/mol. The number of pyridine rings is 1. The quantitative estimate of drug-likeness (QED) is 0.561. The zero-order valence-electron chi connectivity index (χ0n) is 16.1. The third kappa shape index (κ3) is 3.29. The van der Waals surface area contributed by atoms with Gasteiger partial charge in [0.2, 0.25) is 0 Å². The predicted octanol–water partition coefficient (Wildman–Crippen LogP) is 4.64. The monoisotopic (exact) mass is 382 g/mol. The lowest BCUT2D eigenvalue weighted by Gasteiger charge is -2.33. The molecule has 4 aromatic rings. The second-order valence-corrected chi connectivity index (χ2v) is 7.53. The first-order valence-corrected chi connectivity index (χ1v) is 10.0. The molecule has 0 spiro atoms. The van der Waals surface area contributed by atoms with Crippen LogP contribution >= 0.6 is 0 Å². The summed E-state index contributed by atoms with van der Waals surface area (Å²) in [5, 5.41) is 8.50. The molecule has 2 aromatic heterocycles. The van der Waals surface area contributed by atoms with E-state index in [0.717, 1.165) is 47.1 Å². The van der Waals surface area contributed by atoms with Gasteiger partial charge in [0.15, 0.2) is 0 Å². The van der Waals surface area contributed by atoms with Gasteiger partial charge in [-0.3, -0.25) is 14.9 Å². The van der Waals surface area contributed by atoms with Crippen LogP contribution in [0.25, 0.3) is 22.0 Å². The molecule has 0 radical (unpaired) electrons. The van der Waals surface area contributed by atoms with Gasteiger partial charge in [0.1, 0.15) is 0 Å². The van der Waals surface area contributed by atoms with Gasteiger partial charge in [0.25, 0.3) is 5.91 Å². The minimum absolute atomic E-state index is 0.0553. The van der Waals surface area contributed by atoms with E-state index in [1.54, 1.807) is 6.20 Å². The van der Waals surface area contributed by atoms with Crippen molar-refractivity contribution in [2.24, 2.45) is 0 Å². The van der Waals surface area contributed by atoms with Crippen molar-refractivity contribution >= 4 is 16.8 Å². The number of para-hydroxylation sites is 1. The molecule has 1 aliphatic rings. The molecule has 5 heteroatoms. The Kier molecular flexibility index (Phi) is 4.56. The van der Waals surface area contributed by atoms with Crippen LogP contribution in [0.1, 0.15) is 34.8 Å². The summed E-state index contributed by atoms with van der Waals surface area (Å²) in [5.74, 6) is 0.299. The van der Waals surface area contributed by atoms with Crippen LogP contribution < -0.4 is 0 Å². The number of rotatable bonds is 3. The fraction of sp³-hybridized carbons (Fsp3) is 0.208. The number of amides is 1. The summed E-state index contributed by atoms with van der Waals surface area (Å²) in [6.45, 7) is 1.46. The highest BCUT2D eigenvalue weighted by Crippen LogP contribution is 2.33. The van der Waals surface area contributed by atoms with E-state index in [9.17, 15) is 4.79 Å². The van der Waals surface area contributed by atoms with Gasteiger partial charge in [-0.25, -0.2) is 0 Å². The van der Waals surface area contributed by atoms with E-state index in [4.69, 9.17) is 0 Å². The highest BCUT2D eigenvalue weighted by atomic mass is 16.2. The maximum atomic E-state index is 13.3. The molecule has 0 unspecified atom stereocenters. The molecule has 0 saturated carbocycles. The average molecular weight is 382 g/mol. The Morgan fingerprint density at radius 2 is 1.90 bits per heavy atom. The molecular formula is C24H22N4O. The van der Waals surface area contributed by atoms with Crippen LogP contribution in [0, 0.1) is 0 Å². The highest BCUT2D eigenvalue weighted by Gasteiger charge is 2.29. The summed E-state index contributed by atoms with van der Waals surface area (Å²) in [5.41, 5.74) is 4.84. The molecule has 1 aliphatic heterocycles. The van der Waals surface area contributed by atoms with Crippen molar-refractivity contribution in [3.63, 3.8) is 0 Å². The van der Waals surface area contributed by atoms with E-state index in [-0.39, 0.29) is 11.8 Å². The highest BCUT2D eigenvalue weighted by molar-refractivity contribution is 6.05. The van der Waals surface area contributed by atoms with Crippen molar-refractivity contribution in [1.29, 1.82) is 0 Å². The number of hydrogen-bond acceptors (Lipinski definition) is 3. The summed E-state index contributed by atoms with van der Waals surface area (Å²) < 4.78 is 0. The molecule has 1 fully saturated rings. The first-order chi connectivity index (χ1) is 14.3. The number of aromatic nitrogens is 3. The first kappa shape index (κ1) is 17.6. The van der Waals surface area contributed by atoms with Crippen molar-refractivity contribution in [3.05, 3.63) is 84.3 Å². The zero-order valence-corrected chi connectivity index (χ0v) is 16.1. The Bertz CT molecular complexity index is 1150. The van der Waals surface area contributed by atoms with Crippen LogP contribution in [-0.2, 0) is 0 Å². The van der Waals surface area contributed by atoms with Crippen molar-refractivity contribution in [2.45, 2.75) is 18.8 Å². The fourth-order valence-electron chi connectivity index (χ4n) is 4.30. The maximum Gasteiger partial charge on any atom is 0.256 e. The van der Waals surface area contributed by atoms with Gasteiger partial charge >= 0.3 is 0 Å². The van der Waals surface area contributed by atoms with Gasteiger partial charge < -0.3 is 4.90 Å². The van der Waals surface area contributed by atoms with Crippen molar-refractivity contribution in [2.75, 3.05) is 13.1 Å². The summed E-state index contributed by atoms with van der Waals surface area (Å²) in [6, 6.07) is 20.0. The van der Waals surface area contributed by atoms with Crippen LogP contribution in [-0.4, -0.2) is 39.1 Å². The SMILES string of the molecule is O=C(c1cccc2cccnc12)N1CCC[C@@H](c2[nH]ncc2-c2ccccc2)C1. The molecule has 1 amide bonds. The van der Waals surface area contributed by atoms with Crippen molar-refractivity contribution in [1.82, 2.24) is 20.1 Å². The molecule has 1 saturated heterocycles. The largest absolute Gasteiger partial charge is 0.338 e. The number of H-pyrrole nitrogens is 1. The molecule has 2 aromatic carbocycles. The Morgan fingerprint density at radius 1 is 1.03 bits per heavy atom. The van der Waals surface area contributed by atoms with Crippen LogP contribution in [0.15, 0.2) is 73.1 Å². The second-order valence-electron chi connectivity index (χ2n) is 7.53. The lowest BCUT2D eigenvalue weighted by Crippen LogP contribution is -2.39. The lowest BCUT2D eigenvalue weighted by molar-refractivity contribution is 0.0708. The van der Waals surface area contributed by atoms with Gasteiger partial charge in [-0.1, -0.05) is 48.5 Å². The van der Waals surface area contributed by atoms with E-state index < -0.39 is 0 Å². The van der Waals surface area contributed by atoms with E-state index in [0.29, 0.717) is 12.1 Å². The molecule has 144 valence electrons. The van der Waals surface area contributed by atoms with Crippen LogP contribution in [0.2, 0.25) is 0 Å². The van der Waals surface area contributed by atoms with Gasteiger partial charge in [0.05, 0.1) is 17.3 Å². The minimum atomic E-state index is 0.0553. The standard InChI is InChI=1S/C24H22N4O/c29-24(20-12-4-9-18-10-5-13-25-22(18)20)28-14-6-11-19(16-28)23-21(15-26-27-23)17-7-2-1-3-8-17/h1-5,7-10,12-13,15,19H,6,11,14,16H2,(H,26,27)/t19-/m1/s1. The lowest BCUT2D eigenvalue weighted by atomic mass is 9.90. The Morgan fingerprint density at radius 3 is 2.79 bits per heavy atom. The number of likely N-dealkylation sites (tertiary alicyclic amines) is 1. The number of nitrogens with zero attached hydrogens (tertiary/aromatic N) is 3. The molecule has 29 heavy (non-hydrogen) atoms. The minimum Gasteiger partial charge on any atom is -0.338 e. The van der Waals surface area contributed by atoms with Crippen LogP contribution in [0.3, 0.4) is 0 Å². The van der Waals surface area contributed by atoms with Gasteiger partial charge in [0, 0.05) is 41.8 Å². The Hall–Kier alpha value is -3.47. The third-order valence-electron chi connectivity index (χ3n) is 5.73.